The number of carbonyl (C=O) groups excluding carboxylic acids is 1. The molecule has 0 saturated heterocycles. The van der Waals surface area contributed by atoms with Crippen molar-refractivity contribution in [2.24, 2.45) is 0 Å². The fourth-order valence-corrected chi connectivity index (χ4v) is 2.72. The van der Waals surface area contributed by atoms with Crippen LogP contribution in [0, 0.1) is 29.1 Å². The molecule has 1 fully saturated rings. The molecule has 23 heavy (non-hydrogen) atoms. The first-order valence-electron chi connectivity index (χ1n) is 7.32. The number of nitrogens with one attached hydrogen (secondary N) is 1. The number of hydrogen-bond donors (Lipinski definition) is 1. The van der Waals surface area contributed by atoms with E-state index in [9.17, 15) is 26.7 Å². The van der Waals surface area contributed by atoms with Gasteiger partial charge in [0.25, 0.3) is 5.91 Å². The summed E-state index contributed by atoms with van der Waals surface area (Å²) in [5.74, 6) is -12.2. The van der Waals surface area contributed by atoms with Crippen LogP contribution in [0.2, 0.25) is 0 Å². The van der Waals surface area contributed by atoms with E-state index < -0.39 is 46.6 Å². The molecule has 128 valence electrons. The zero-order valence-electron chi connectivity index (χ0n) is 12.4. The van der Waals surface area contributed by atoms with E-state index in [1.165, 1.54) is 0 Å². The predicted octanol–water partition coefficient (Wildman–Crippen LogP) is 3.46. The lowest BCUT2D eigenvalue weighted by Crippen LogP contribution is -2.46. The van der Waals surface area contributed by atoms with Crippen molar-refractivity contribution in [1.29, 1.82) is 0 Å². The van der Waals surface area contributed by atoms with E-state index in [0.29, 0.717) is 19.4 Å². The molecule has 0 radical (unpaired) electrons. The molecule has 0 bridgehead atoms. The summed E-state index contributed by atoms with van der Waals surface area (Å²) < 4.78 is 72.1. The van der Waals surface area contributed by atoms with Crippen molar-refractivity contribution in [2.75, 3.05) is 6.61 Å². The summed E-state index contributed by atoms with van der Waals surface area (Å²) in [5, 5.41) is 2.33. The minimum Gasteiger partial charge on any atom is -0.376 e. The third kappa shape index (κ3) is 3.46. The van der Waals surface area contributed by atoms with Gasteiger partial charge in [0.05, 0.1) is 12.1 Å². The Balaban J connectivity index is 2.27. The first kappa shape index (κ1) is 17.7. The van der Waals surface area contributed by atoms with Crippen LogP contribution in [0.3, 0.4) is 0 Å². The molecule has 1 amide bonds. The third-order valence-corrected chi connectivity index (χ3v) is 3.84. The molecule has 2 atom stereocenters. The summed E-state index contributed by atoms with van der Waals surface area (Å²) in [4.78, 5) is 12.0. The molecule has 0 heterocycles. The molecule has 1 aliphatic rings. The van der Waals surface area contributed by atoms with Crippen LogP contribution in [0.1, 0.15) is 43.0 Å². The van der Waals surface area contributed by atoms with E-state index in [2.05, 4.69) is 5.32 Å². The van der Waals surface area contributed by atoms with E-state index in [0.717, 1.165) is 12.8 Å². The number of halogens is 5. The fourth-order valence-electron chi connectivity index (χ4n) is 2.72. The maximum atomic E-state index is 13.6. The largest absolute Gasteiger partial charge is 0.376 e. The van der Waals surface area contributed by atoms with Gasteiger partial charge in [-0.25, -0.2) is 22.0 Å². The Morgan fingerprint density at radius 3 is 2.09 bits per heavy atom. The molecule has 0 spiro atoms. The minimum atomic E-state index is -2.29. The van der Waals surface area contributed by atoms with Crippen LogP contribution in [0.15, 0.2) is 0 Å². The van der Waals surface area contributed by atoms with Crippen molar-refractivity contribution in [1.82, 2.24) is 5.32 Å². The quantitative estimate of drug-likeness (QED) is 0.519. The second kappa shape index (κ2) is 7.25. The van der Waals surface area contributed by atoms with Gasteiger partial charge in [-0.2, -0.15) is 0 Å². The Bertz CT molecular complexity index is 577. The van der Waals surface area contributed by atoms with Crippen LogP contribution < -0.4 is 5.32 Å². The van der Waals surface area contributed by atoms with E-state index in [4.69, 9.17) is 4.74 Å². The zero-order valence-corrected chi connectivity index (χ0v) is 12.4. The zero-order chi connectivity index (χ0) is 17.1. The fraction of sp³-hybridized carbons (Fsp3) is 0.533. The van der Waals surface area contributed by atoms with Gasteiger partial charge in [0.1, 0.15) is 5.56 Å². The van der Waals surface area contributed by atoms with Gasteiger partial charge in [0.15, 0.2) is 23.3 Å². The number of ether oxygens (including phenoxy) is 1. The highest BCUT2D eigenvalue weighted by Gasteiger charge is 2.33. The SMILES string of the molecule is CCO[C@H]1CCCC[C@@H]1NC(=O)c1c(F)c(F)c(F)c(F)c1F. The molecule has 0 unspecified atom stereocenters. The molecule has 1 aliphatic carbocycles. The van der Waals surface area contributed by atoms with Crippen LogP contribution >= 0.6 is 0 Å². The molecule has 3 nitrogen and oxygen atoms in total. The van der Waals surface area contributed by atoms with Crippen molar-refractivity contribution in [2.45, 2.75) is 44.8 Å². The molecule has 1 saturated carbocycles. The second-order valence-electron chi connectivity index (χ2n) is 5.30. The van der Waals surface area contributed by atoms with Crippen LogP contribution in [-0.2, 0) is 4.74 Å². The molecular weight excluding hydrogens is 321 g/mol. The summed E-state index contributed by atoms with van der Waals surface area (Å²) in [6.45, 7) is 2.15. The Hall–Kier alpha value is -1.70. The summed E-state index contributed by atoms with van der Waals surface area (Å²) in [5.41, 5.74) is -1.47. The normalized spacial score (nSPS) is 21.3. The Morgan fingerprint density at radius 2 is 1.52 bits per heavy atom. The average molecular weight is 337 g/mol. The second-order valence-corrected chi connectivity index (χ2v) is 5.30. The summed E-state index contributed by atoms with van der Waals surface area (Å²) in [7, 11) is 0. The maximum Gasteiger partial charge on any atom is 0.257 e. The van der Waals surface area contributed by atoms with Gasteiger partial charge in [-0.15, -0.1) is 0 Å². The summed E-state index contributed by atoms with van der Waals surface area (Å²) >= 11 is 0. The number of benzene rings is 1. The molecule has 0 aliphatic heterocycles. The van der Waals surface area contributed by atoms with E-state index in [-0.39, 0.29) is 6.10 Å². The molecule has 1 aromatic rings. The number of hydrogen-bond acceptors (Lipinski definition) is 2. The minimum absolute atomic E-state index is 0.348. The highest BCUT2D eigenvalue weighted by atomic mass is 19.2. The van der Waals surface area contributed by atoms with Crippen LogP contribution in [0.5, 0.6) is 0 Å². The van der Waals surface area contributed by atoms with Crippen molar-refractivity contribution < 1.29 is 31.5 Å². The lowest BCUT2D eigenvalue weighted by Gasteiger charge is -2.31. The number of rotatable bonds is 4. The first-order valence-corrected chi connectivity index (χ1v) is 7.32. The van der Waals surface area contributed by atoms with Crippen LogP contribution in [0.25, 0.3) is 0 Å². The van der Waals surface area contributed by atoms with Crippen LogP contribution in [0.4, 0.5) is 22.0 Å². The van der Waals surface area contributed by atoms with Crippen molar-refractivity contribution >= 4 is 5.91 Å². The molecule has 1 N–H and O–H groups in total. The maximum absolute atomic E-state index is 13.6. The van der Waals surface area contributed by atoms with Crippen molar-refractivity contribution in [3.8, 4) is 0 Å². The van der Waals surface area contributed by atoms with Gasteiger partial charge in [0.2, 0.25) is 5.82 Å². The summed E-state index contributed by atoms with van der Waals surface area (Å²) in [6.07, 6.45) is 2.45. The molecule has 2 rings (SSSR count). The van der Waals surface area contributed by atoms with Gasteiger partial charge in [0, 0.05) is 6.61 Å². The van der Waals surface area contributed by atoms with E-state index >= 15 is 0 Å². The number of carbonyl (C=O) groups is 1. The van der Waals surface area contributed by atoms with E-state index in [1.807, 2.05) is 0 Å². The lowest BCUT2D eigenvalue weighted by atomic mass is 9.92. The van der Waals surface area contributed by atoms with Gasteiger partial charge in [-0.3, -0.25) is 4.79 Å². The molecule has 0 aromatic heterocycles. The van der Waals surface area contributed by atoms with Gasteiger partial charge in [-0.1, -0.05) is 12.8 Å². The molecule has 1 aromatic carbocycles. The smallest absolute Gasteiger partial charge is 0.257 e. The highest BCUT2D eigenvalue weighted by molar-refractivity contribution is 5.95. The Morgan fingerprint density at radius 1 is 1.00 bits per heavy atom. The van der Waals surface area contributed by atoms with Crippen LogP contribution in [-0.4, -0.2) is 24.7 Å². The first-order chi connectivity index (χ1) is 10.9. The third-order valence-electron chi connectivity index (χ3n) is 3.84. The predicted molar refractivity (Wildman–Crippen MR) is 71.4 cm³/mol. The topological polar surface area (TPSA) is 38.3 Å². The standard InChI is InChI=1S/C15H16F5NO2/c1-2-23-8-6-4-3-5-7(8)21-15(22)9-10(16)12(18)14(20)13(19)11(9)17/h7-8H,2-6H2,1H3,(H,21,22)/t7-,8-/m0/s1. The van der Waals surface area contributed by atoms with E-state index in [1.54, 1.807) is 6.92 Å². The Labute approximate surface area is 129 Å². The van der Waals surface area contributed by atoms with Gasteiger partial charge >= 0.3 is 0 Å². The van der Waals surface area contributed by atoms with Crippen molar-refractivity contribution in [3.63, 3.8) is 0 Å². The monoisotopic (exact) mass is 337 g/mol. The molecule has 8 heteroatoms. The Kier molecular flexibility index (Phi) is 5.56. The number of amides is 1. The highest BCUT2D eigenvalue weighted by Crippen LogP contribution is 2.25. The van der Waals surface area contributed by atoms with Gasteiger partial charge in [-0.05, 0) is 19.8 Å². The lowest BCUT2D eigenvalue weighted by molar-refractivity contribution is 0.0123. The average Bonchev–Trinajstić information content (AvgIpc) is 2.53. The summed E-state index contributed by atoms with van der Waals surface area (Å²) in [6, 6.07) is -0.536. The van der Waals surface area contributed by atoms with Gasteiger partial charge < -0.3 is 10.1 Å². The molecular formula is C15H16F5NO2. The van der Waals surface area contributed by atoms with Crippen molar-refractivity contribution in [3.05, 3.63) is 34.6 Å².